The molecule has 19 heteroatoms. The van der Waals surface area contributed by atoms with E-state index in [1.165, 1.54) is 13.8 Å². The van der Waals surface area contributed by atoms with Gasteiger partial charge in [-0.1, -0.05) is 53.2 Å². The van der Waals surface area contributed by atoms with Crippen molar-refractivity contribution in [1.29, 1.82) is 0 Å². The molecule has 0 aromatic carbocycles. The first kappa shape index (κ1) is 54.5. The third-order valence-corrected chi connectivity index (χ3v) is 18.8. The van der Waals surface area contributed by atoms with Crippen LogP contribution in [0.25, 0.3) is 0 Å². The van der Waals surface area contributed by atoms with E-state index in [2.05, 4.69) is 40.7 Å². The molecule has 392 valence electrons. The van der Waals surface area contributed by atoms with Crippen LogP contribution in [0.3, 0.4) is 0 Å². The molecule has 12 N–H and O–H groups in total. The molecule has 0 aromatic rings. The van der Waals surface area contributed by atoms with E-state index in [-0.39, 0.29) is 48.2 Å². The lowest BCUT2D eigenvalue weighted by Gasteiger charge is -2.65. The standard InChI is InChI=1S/C49H82O19/c1-22-25(19-50)64-41(38(58)33(22)53)63-21-27-35(55)37(57)40(60)43(66-27)68-32(45(4,5)61)15-17-48(8,62)28-14-16-46(6)29-12-10-23-24(49(29,9)30(52)18-47(28,46)7)11-13-31(44(23,2)3)67-42-39(59)36(56)34(54)26(20-51)65-42/h10,22,24-29,31-43,50-51,53-62H,11-21H2,1-9H3. The number of carbonyl (C=O) groups is 1. The number of aliphatic hydroxyl groups is 12. The van der Waals surface area contributed by atoms with E-state index < -0.39 is 151 Å². The van der Waals surface area contributed by atoms with E-state index in [0.29, 0.717) is 25.7 Å². The van der Waals surface area contributed by atoms with Crippen molar-refractivity contribution in [2.45, 2.75) is 223 Å². The van der Waals surface area contributed by atoms with Gasteiger partial charge in [-0.25, -0.2) is 0 Å². The maximum absolute atomic E-state index is 15.0. The molecule has 3 saturated heterocycles. The summed E-state index contributed by atoms with van der Waals surface area (Å²) >= 11 is 0. The summed E-state index contributed by atoms with van der Waals surface area (Å²) in [6.07, 6.45) is -15.8. The molecule has 3 saturated carbocycles. The van der Waals surface area contributed by atoms with Crippen LogP contribution in [-0.4, -0.2) is 196 Å². The number of fused-ring (bicyclic) bond motifs is 5. The van der Waals surface area contributed by atoms with Crippen LogP contribution in [0.5, 0.6) is 0 Å². The van der Waals surface area contributed by atoms with Crippen LogP contribution in [0.1, 0.15) is 114 Å². The Balaban J connectivity index is 1.04. The third kappa shape index (κ3) is 9.11. The zero-order valence-corrected chi connectivity index (χ0v) is 41.1. The molecule has 0 aromatic heterocycles. The van der Waals surface area contributed by atoms with E-state index >= 15 is 4.79 Å². The molecule has 7 aliphatic rings. The molecule has 0 radical (unpaired) electrons. The van der Waals surface area contributed by atoms with Gasteiger partial charge in [-0.05, 0) is 94.3 Å². The number of ether oxygens (including phenoxy) is 6. The maximum Gasteiger partial charge on any atom is 0.187 e. The second kappa shape index (κ2) is 19.5. The fraction of sp³-hybridized carbons (Fsp3) is 0.939. The highest BCUT2D eigenvalue weighted by Crippen LogP contribution is 2.74. The van der Waals surface area contributed by atoms with Gasteiger partial charge in [-0.2, -0.15) is 0 Å². The van der Waals surface area contributed by atoms with Crippen molar-refractivity contribution >= 4 is 5.78 Å². The van der Waals surface area contributed by atoms with E-state index in [4.69, 9.17) is 28.4 Å². The van der Waals surface area contributed by atoms with Gasteiger partial charge in [0.05, 0.1) is 55.4 Å². The first-order chi connectivity index (χ1) is 31.5. The van der Waals surface area contributed by atoms with E-state index in [0.717, 1.165) is 12.0 Å². The Morgan fingerprint density at radius 3 is 1.91 bits per heavy atom. The van der Waals surface area contributed by atoms with Gasteiger partial charge in [0, 0.05) is 23.2 Å². The van der Waals surface area contributed by atoms with Crippen LogP contribution in [0.15, 0.2) is 11.6 Å². The van der Waals surface area contributed by atoms with Crippen LogP contribution in [0, 0.1) is 45.3 Å². The highest BCUT2D eigenvalue weighted by Gasteiger charge is 2.72. The highest BCUT2D eigenvalue weighted by molar-refractivity contribution is 5.88. The molecule has 3 heterocycles. The topological polar surface area (TPSA) is 315 Å². The molecule has 3 aliphatic heterocycles. The highest BCUT2D eigenvalue weighted by atomic mass is 16.7. The Morgan fingerprint density at radius 1 is 0.721 bits per heavy atom. The summed E-state index contributed by atoms with van der Waals surface area (Å²) in [5.74, 6) is -0.960. The predicted molar refractivity (Wildman–Crippen MR) is 239 cm³/mol. The molecule has 0 amide bonds. The smallest absolute Gasteiger partial charge is 0.187 e. The second-order valence-electron chi connectivity index (χ2n) is 23.5. The lowest BCUT2D eigenvalue weighted by molar-refractivity contribution is -0.339. The van der Waals surface area contributed by atoms with Crippen molar-refractivity contribution in [2.24, 2.45) is 45.3 Å². The number of ketones is 1. The summed E-state index contributed by atoms with van der Waals surface area (Å²) in [5, 5.41) is 129. The number of hydrogen-bond acceptors (Lipinski definition) is 19. The average Bonchev–Trinajstić information content (AvgIpc) is 3.55. The lowest BCUT2D eigenvalue weighted by Crippen LogP contribution is -2.64. The Kier molecular flexibility index (Phi) is 15.6. The third-order valence-electron chi connectivity index (χ3n) is 18.8. The average molecular weight is 975 g/mol. The van der Waals surface area contributed by atoms with Crippen molar-refractivity contribution in [3.05, 3.63) is 11.6 Å². The Hall–Kier alpha value is -1.31. The van der Waals surface area contributed by atoms with Gasteiger partial charge < -0.3 is 89.7 Å². The SMILES string of the molecule is CC1C(CO)OC(OCC2OC(OC(CCC(C)(O)C3CCC4(C)C5CC=C6C(CCC(OC7OC(CO)C(O)C(O)C7O)C6(C)C)C5(C)C(=O)CC34C)C(C)(C)O)C(O)C(O)C2O)C(O)C1O. The van der Waals surface area contributed by atoms with E-state index in [9.17, 15) is 61.3 Å². The molecule has 0 bridgehead atoms. The molecule has 19 nitrogen and oxygen atoms in total. The first-order valence-corrected chi connectivity index (χ1v) is 24.7. The molecule has 7 rings (SSSR count). The van der Waals surface area contributed by atoms with Crippen molar-refractivity contribution in [3.63, 3.8) is 0 Å². The zero-order valence-electron chi connectivity index (χ0n) is 41.1. The minimum absolute atomic E-state index is 0.0525. The molecule has 0 spiro atoms. The van der Waals surface area contributed by atoms with Gasteiger partial charge in [0.25, 0.3) is 0 Å². The summed E-state index contributed by atoms with van der Waals surface area (Å²) in [5.41, 5.74) is -4.15. The molecule has 24 unspecified atom stereocenters. The molecule has 6 fully saturated rings. The molecule has 24 atom stereocenters. The minimum atomic E-state index is -1.77. The predicted octanol–water partition coefficient (Wildman–Crippen LogP) is -0.458. The summed E-state index contributed by atoms with van der Waals surface area (Å²) in [6, 6.07) is 0. The quantitative estimate of drug-likeness (QED) is 0.0981. The van der Waals surface area contributed by atoms with Crippen molar-refractivity contribution < 1.29 is 94.5 Å². The van der Waals surface area contributed by atoms with Crippen LogP contribution in [0.4, 0.5) is 0 Å². The van der Waals surface area contributed by atoms with Gasteiger partial charge in [0.1, 0.15) is 60.7 Å². The largest absolute Gasteiger partial charge is 0.394 e. The Labute approximate surface area is 399 Å². The molecule has 68 heavy (non-hydrogen) atoms. The van der Waals surface area contributed by atoms with Gasteiger partial charge in [0.15, 0.2) is 18.9 Å². The minimum Gasteiger partial charge on any atom is -0.394 e. The summed E-state index contributed by atoms with van der Waals surface area (Å²) in [6.45, 7) is 15.5. The van der Waals surface area contributed by atoms with E-state index in [1.54, 1.807) is 13.8 Å². The summed E-state index contributed by atoms with van der Waals surface area (Å²) in [7, 11) is 0. The van der Waals surface area contributed by atoms with Gasteiger partial charge in [-0.3, -0.25) is 4.79 Å². The number of allylic oxidation sites excluding steroid dienone is 1. The van der Waals surface area contributed by atoms with Gasteiger partial charge in [-0.15, -0.1) is 0 Å². The molecular formula is C49H82O19. The second-order valence-corrected chi connectivity index (χ2v) is 23.5. The number of Topliss-reactive ketones (excluding diaryl/α,β-unsaturated/α-hetero) is 1. The Bertz CT molecular complexity index is 1800. The Morgan fingerprint density at radius 2 is 1.29 bits per heavy atom. The van der Waals surface area contributed by atoms with Gasteiger partial charge in [0.2, 0.25) is 0 Å². The first-order valence-electron chi connectivity index (χ1n) is 24.7. The zero-order chi connectivity index (χ0) is 50.4. The number of carbonyl (C=O) groups excluding carboxylic acids is 1. The number of rotatable bonds is 14. The molecular weight excluding hydrogens is 893 g/mol. The monoisotopic (exact) mass is 975 g/mol. The lowest BCUT2D eigenvalue weighted by atomic mass is 9.38. The normalized spacial score (nSPS) is 49.8. The van der Waals surface area contributed by atoms with Gasteiger partial charge >= 0.3 is 0 Å². The van der Waals surface area contributed by atoms with Crippen molar-refractivity contribution in [2.75, 3.05) is 19.8 Å². The van der Waals surface area contributed by atoms with Crippen LogP contribution < -0.4 is 0 Å². The van der Waals surface area contributed by atoms with Crippen LogP contribution >= 0.6 is 0 Å². The number of aliphatic hydroxyl groups excluding tert-OH is 10. The molecule has 4 aliphatic carbocycles. The van der Waals surface area contributed by atoms with E-state index in [1.807, 2.05) is 0 Å². The van der Waals surface area contributed by atoms with Crippen molar-refractivity contribution in [1.82, 2.24) is 0 Å². The fourth-order valence-electron chi connectivity index (χ4n) is 14.1. The number of hydrogen-bond donors (Lipinski definition) is 12. The summed E-state index contributed by atoms with van der Waals surface area (Å²) in [4.78, 5) is 15.0. The maximum atomic E-state index is 15.0. The summed E-state index contributed by atoms with van der Waals surface area (Å²) < 4.78 is 35.5. The fourth-order valence-corrected chi connectivity index (χ4v) is 14.1. The van der Waals surface area contributed by atoms with Crippen LogP contribution in [-0.2, 0) is 33.2 Å². The van der Waals surface area contributed by atoms with Crippen LogP contribution in [0.2, 0.25) is 0 Å². The van der Waals surface area contributed by atoms with Crippen molar-refractivity contribution in [3.8, 4) is 0 Å².